The molecule has 0 unspecified atom stereocenters. The Labute approximate surface area is 141 Å². The van der Waals surface area contributed by atoms with Crippen molar-refractivity contribution in [1.82, 2.24) is 15.1 Å². The highest BCUT2D eigenvalue weighted by Gasteiger charge is 2.17. The summed E-state index contributed by atoms with van der Waals surface area (Å²) in [6.45, 7) is 7.29. The summed E-state index contributed by atoms with van der Waals surface area (Å²) in [4.78, 5) is 12.0. The molecule has 0 aliphatic rings. The molecule has 0 saturated carbocycles. The molecule has 23 heavy (non-hydrogen) atoms. The van der Waals surface area contributed by atoms with Gasteiger partial charge in [-0.25, -0.2) is 0 Å². The molecule has 1 heterocycles. The molecule has 2 aromatic rings. The number of aliphatic hydroxyl groups excluding tert-OH is 1. The van der Waals surface area contributed by atoms with Crippen LogP contribution in [0.15, 0.2) is 24.3 Å². The van der Waals surface area contributed by atoms with Crippen LogP contribution < -0.4 is 5.32 Å². The maximum absolute atomic E-state index is 12.0. The van der Waals surface area contributed by atoms with E-state index in [0.29, 0.717) is 17.1 Å². The third-order valence-electron chi connectivity index (χ3n) is 4.00. The summed E-state index contributed by atoms with van der Waals surface area (Å²) in [6, 6.07) is 6.67. The lowest BCUT2D eigenvalue weighted by Gasteiger charge is -2.12. The van der Waals surface area contributed by atoms with E-state index in [1.165, 1.54) is 5.56 Å². The lowest BCUT2D eigenvalue weighted by atomic mass is 10.1. The van der Waals surface area contributed by atoms with Gasteiger partial charge in [0.05, 0.1) is 5.69 Å². The van der Waals surface area contributed by atoms with Gasteiger partial charge in [0.1, 0.15) is 0 Å². The summed E-state index contributed by atoms with van der Waals surface area (Å²) in [5.41, 5.74) is 3.87. The molecule has 0 aliphatic heterocycles. The van der Waals surface area contributed by atoms with E-state index in [4.69, 9.17) is 11.6 Å². The number of hydrogen-bond acceptors (Lipinski definition) is 3. The predicted octanol–water partition coefficient (Wildman–Crippen LogP) is 2.70. The van der Waals surface area contributed by atoms with Crippen LogP contribution in [0.5, 0.6) is 0 Å². The second-order valence-electron chi connectivity index (χ2n) is 5.62. The molecule has 1 atom stereocenters. The van der Waals surface area contributed by atoms with Gasteiger partial charge in [-0.15, -0.1) is 0 Å². The maximum Gasteiger partial charge on any atom is 0.253 e. The minimum Gasteiger partial charge on any atom is -0.378 e. The largest absolute Gasteiger partial charge is 0.378 e. The second kappa shape index (κ2) is 7.62. The summed E-state index contributed by atoms with van der Waals surface area (Å²) in [5, 5.41) is 17.7. The van der Waals surface area contributed by atoms with Crippen LogP contribution in [0, 0.1) is 20.8 Å². The van der Waals surface area contributed by atoms with Gasteiger partial charge < -0.3 is 10.4 Å². The molecule has 1 amide bonds. The molecule has 0 bridgehead atoms. The summed E-state index contributed by atoms with van der Waals surface area (Å²) in [6.07, 6.45) is -0.459. The van der Waals surface area contributed by atoms with Crippen LogP contribution in [-0.4, -0.2) is 27.3 Å². The van der Waals surface area contributed by atoms with Crippen LogP contribution in [0.3, 0.4) is 0 Å². The molecular weight excluding hydrogens is 314 g/mol. The Hall–Kier alpha value is -1.85. The Morgan fingerprint density at radius 2 is 2.13 bits per heavy atom. The second-order valence-corrected chi connectivity index (χ2v) is 6.06. The fourth-order valence-corrected chi connectivity index (χ4v) is 2.57. The van der Waals surface area contributed by atoms with Crippen molar-refractivity contribution in [3.8, 4) is 0 Å². The lowest BCUT2D eigenvalue weighted by Crippen LogP contribution is -2.30. The first-order valence-electron chi connectivity index (χ1n) is 7.62. The lowest BCUT2D eigenvalue weighted by molar-refractivity contribution is -0.129. The van der Waals surface area contributed by atoms with Gasteiger partial charge in [-0.3, -0.25) is 9.48 Å². The standard InChI is InChI=1S/C17H22ClN3O2/c1-11-12(2)20-21(13(11)3)9-5-8-19-17(23)16(22)14-6-4-7-15(18)10-14/h4,6-7,10,16,22H,5,8-9H2,1-3H3,(H,19,23)/t16-/m1/s1. The van der Waals surface area contributed by atoms with Crippen molar-refractivity contribution in [2.75, 3.05) is 6.54 Å². The third kappa shape index (κ3) is 4.33. The first-order valence-corrected chi connectivity index (χ1v) is 7.99. The van der Waals surface area contributed by atoms with E-state index in [1.54, 1.807) is 24.3 Å². The van der Waals surface area contributed by atoms with Crippen molar-refractivity contribution in [2.45, 2.75) is 39.8 Å². The number of hydrogen-bond donors (Lipinski definition) is 2. The van der Waals surface area contributed by atoms with E-state index in [9.17, 15) is 9.90 Å². The number of amides is 1. The molecule has 1 aromatic carbocycles. The highest BCUT2D eigenvalue weighted by molar-refractivity contribution is 6.30. The van der Waals surface area contributed by atoms with E-state index >= 15 is 0 Å². The van der Waals surface area contributed by atoms with Crippen LogP contribution in [0.25, 0.3) is 0 Å². The van der Waals surface area contributed by atoms with Gasteiger partial charge in [-0.1, -0.05) is 23.7 Å². The molecule has 0 spiro atoms. The van der Waals surface area contributed by atoms with Crippen molar-refractivity contribution < 1.29 is 9.90 Å². The zero-order valence-corrected chi connectivity index (χ0v) is 14.4. The van der Waals surface area contributed by atoms with Gasteiger partial charge in [0.2, 0.25) is 0 Å². The fourth-order valence-electron chi connectivity index (χ4n) is 2.37. The molecule has 6 heteroatoms. The fraction of sp³-hybridized carbons (Fsp3) is 0.412. The summed E-state index contributed by atoms with van der Waals surface area (Å²) in [7, 11) is 0. The Bertz CT molecular complexity index is 697. The topological polar surface area (TPSA) is 67.2 Å². The molecule has 1 aromatic heterocycles. The number of benzene rings is 1. The predicted molar refractivity (Wildman–Crippen MR) is 90.5 cm³/mol. The monoisotopic (exact) mass is 335 g/mol. The summed E-state index contributed by atoms with van der Waals surface area (Å²) in [5.74, 6) is -0.420. The average molecular weight is 336 g/mol. The van der Waals surface area contributed by atoms with Crippen molar-refractivity contribution >= 4 is 17.5 Å². The smallest absolute Gasteiger partial charge is 0.253 e. The molecule has 124 valence electrons. The normalized spacial score (nSPS) is 12.2. The third-order valence-corrected chi connectivity index (χ3v) is 4.24. The van der Waals surface area contributed by atoms with Gasteiger partial charge in [0.15, 0.2) is 6.10 Å². The molecular formula is C17H22ClN3O2. The van der Waals surface area contributed by atoms with Gasteiger partial charge in [-0.05, 0) is 50.5 Å². The Morgan fingerprint density at radius 1 is 1.39 bits per heavy atom. The molecule has 0 radical (unpaired) electrons. The number of aromatic nitrogens is 2. The number of aryl methyl sites for hydroxylation is 2. The minimum absolute atomic E-state index is 0.420. The zero-order valence-electron chi connectivity index (χ0n) is 13.6. The first-order chi connectivity index (χ1) is 10.9. The maximum atomic E-state index is 12.0. The average Bonchev–Trinajstić information content (AvgIpc) is 2.77. The van der Waals surface area contributed by atoms with Crippen molar-refractivity contribution in [1.29, 1.82) is 0 Å². The van der Waals surface area contributed by atoms with Crippen molar-refractivity contribution in [2.24, 2.45) is 0 Å². The number of rotatable bonds is 6. The highest BCUT2D eigenvalue weighted by Crippen LogP contribution is 2.17. The van der Waals surface area contributed by atoms with Crippen molar-refractivity contribution in [3.05, 3.63) is 51.8 Å². The van der Waals surface area contributed by atoms with E-state index in [1.807, 2.05) is 18.5 Å². The number of nitrogens with zero attached hydrogens (tertiary/aromatic N) is 2. The van der Waals surface area contributed by atoms with Gasteiger partial charge in [0.25, 0.3) is 5.91 Å². The van der Waals surface area contributed by atoms with Crippen LogP contribution in [0.2, 0.25) is 5.02 Å². The number of aliphatic hydroxyl groups is 1. The minimum atomic E-state index is -1.20. The number of carbonyl (C=O) groups is 1. The Kier molecular flexibility index (Phi) is 5.80. The number of halogens is 1. The molecule has 2 rings (SSSR count). The molecule has 2 N–H and O–H groups in total. The highest BCUT2D eigenvalue weighted by atomic mass is 35.5. The van der Waals surface area contributed by atoms with Crippen LogP contribution in [-0.2, 0) is 11.3 Å². The SMILES string of the molecule is Cc1nn(CCCNC(=O)[C@H](O)c2cccc(Cl)c2)c(C)c1C. The zero-order chi connectivity index (χ0) is 17.0. The van der Waals surface area contributed by atoms with E-state index in [-0.39, 0.29) is 0 Å². The quantitative estimate of drug-likeness (QED) is 0.798. The van der Waals surface area contributed by atoms with E-state index < -0.39 is 12.0 Å². The van der Waals surface area contributed by atoms with Crippen LogP contribution in [0.4, 0.5) is 0 Å². The molecule has 5 nitrogen and oxygen atoms in total. The van der Waals surface area contributed by atoms with Crippen molar-refractivity contribution in [3.63, 3.8) is 0 Å². The van der Waals surface area contributed by atoms with E-state index in [0.717, 1.165) is 24.4 Å². The summed E-state index contributed by atoms with van der Waals surface area (Å²) < 4.78 is 1.95. The number of carbonyl (C=O) groups excluding carboxylic acids is 1. The van der Waals surface area contributed by atoms with E-state index in [2.05, 4.69) is 17.3 Å². The Balaban J connectivity index is 1.81. The van der Waals surface area contributed by atoms with Gasteiger partial charge in [0, 0.05) is 23.8 Å². The number of nitrogens with one attached hydrogen (secondary N) is 1. The molecule has 0 fully saturated rings. The first kappa shape index (κ1) is 17.5. The molecule has 0 aliphatic carbocycles. The van der Waals surface area contributed by atoms with Gasteiger partial charge in [-0.2, -0.15) is 5.10 Å². The van der Waals surface area contributed by atoms with Gasteiger partial charge >= 0.3 is 0 Å². The summed E-state index contributed by atoms with van der Waals surface area (Å²) >= 11 is 5.87. The van der Waals surface area contributed by atoms with Crippen LogP contribution in [0.1, 0.15) is 35.0 Å². The Morgan fingerprint density at radius 3 is 2.74 bits per heavy atom. The molecule has 0 saturated heterocycles. The van der Waals surface area contributed by atoms with Crippen LogP contribution >= 0.6 is 11.6 Å².